The van der Waals surface area contributed by atoms with Gasteiger partial charge in [0.05, 0.1) is 11.4 Å². The van der Waals surface area contributed by atoms with Crippen LogP contribution in [-0.2, 0) is 11.8 Å². The molecule has 1 saturated carbocycles. The maximum Gasteiger partial charge on any atom is 0.228 e. The molecule has 4 nitrogen and oxygen atoms in total. The van der Waals surface area contributed by atoms with E-state index in [4.69, 9.17) is 0 Å². The van der Waals surface area contributed by atoms with Gasteiger partial charge in [0.2, 0.25) is 5.91 Å². The molecule has 1 aliphatic carbocycles. The van der Waals surface area contributed by atoms with E-state index < -0.39 is 0 Å². The molecule has 4 heteroatoms. The summed E-state index contributed by atoms with van der Waals surface area (Å²) in [4.78, 5) is 12.2. The lowest BCUT2D eigenvalue weighted by Crippen LogP contribution is -2.14. The van der Waals surface area contributed by atoms with Crippen LogP contribution in [0.2, 0.25) is 0 Å². The topological polar surface area (TPSA) is 46.9 Å². The van der Waals surface area contributed by atoms with Gasteiger partial charge in [-0.15, -0.1) is 0 Å². The van der Waals surface area contributed by atoms with Crippen LogP contribution in [0, 0.1) is 12.8 Å². The highest BCUT2D eigenvalue weighted by Gasteiger charge is 2.43. The molecule has 98 valence electrons. The van der Waals surface area contributed by atoms with Crippen LogP contribution in [-0.4, -0.2) is 15.7 Å². The number of hydrogen-bond acceptors (Lipinski definition) is 2. The zero-order chi connectivity index (χ0) is 13.4. The van der Waals surface area contributed by atoms with Crippen LogP contribution in [0.4, 0.5) is 5.69 Å². The molecule has 1 amide bonds. The predicted molar refractivity (Wildman–Crippen MR) is 73.9 cm³/mol. The number of amides is 1. The van der Waals surface area contributed by atoms with Crippen LogP contribution in [0.3, 0.4) is 0 Å². The molecule has 0 aliphatic heterocycles. The summed E-state index contributed by atoms with van der Waals surface area (Å²) >= 11 is 0. The fourth-order valence-electron chi connectivity index (χ4n) is 2.50. The van der Waals surface area contributed by atoms with Crippen molar-refractivity contribution in [3.05, 3.63) is 47.8 Å². The smallest absolute Gasteiger partial charge is 0.228 e. The molecule has 0 saturated heterocycles. The second kappa shape index (κ2) is 4.53. The summed E-state index contributed by atoms with van der Waals surface area (Å²) < 4.78 is 1.71. The fourth-order valence-corrected chi connectivity index (χ4v) is 2.50. The Hall–Kier alpha value is -2.10. The standard InChI is InChI=1S/C15H17N3O/c1-10-14(9-18(2)17-10)16-15(19)13-8-12(13)11-6-4-3-5-7-11/h3-7,9,12-13H,8H2,1-2H3,(H,16,19)/t12-,13+/m1/s1. The zero-order valence-corrected chi connectivity index (χ0v) is 11.1. The Morgan fingerprint density at radius 2 is 2.11 bits per heavy atom. The lowest BCUT2D eigenvalue weighted by atomic mass is 10.1. The molecule has 1 aliphatic rings. The number of benzene rings is 1. The molecule has 1 aromatic heterocycles. The minimum atomic E-state index is 0.0991. The number of nitrogens with one attached hydrogen (secondary N) is 1. The lowest BCUT2D eigenvalue weighted by molar-refractivity contribution is -0.117. The third kappa shape index (κ3) is 2.38. The first-order valence-electron chi connectivity index (χ1n) is 6.51. The highest BCUT2D eigenvalue weighted by molar-refractivity contribution is 5.95. The van der Waals surface area contributed by atoms with Crippen molar-refractivity contribution in [3.63, 3.8) is 0 Å². The van der Waals surface area contributed by atoms with E-state index in [1.807, 2.05) is 38.4 Å². The van der Waals surface area contributed by atoms with Gasteiger partial charge in [0.25, 0.3) is 0 Å². The number of anilines is 1. The van der Waals surface area contributed by atoms with E-state index in [1.165, 1.54) is 5.56 Å². The number of carbonyl (C=O) groups excluding carboxylic acids is 1. The summed E-state index contributed by atoms with van der Waals surface area (Å²) in [5, 5.41) is 7.19. The second-order valence-electron chi connectivity index (χ2n) is 5.15. The Morgan fingerprint density at radius 1 is 1.37 bits per heavy atom. The van der Waals surface area contributed by atoms with Gasteiger partial charge in [0.15, 0.2) is 0 Å². The summed E-state index contributed by atoms with van der Waals surface area (Å²) in [6.07, 6.45) is 2.78. The van der Waals surface area contributed by atoms with Crippen molar-refractivity contribution in [2.75, 3.05) is 5.32 Å². The molecular formula is C15H17N3O. The third-order valence-corrected chi connectivity index (χ3v) is 3.63. The molecule has 3 rings (SSSR count). The van der Waals surface area contributed by atoms with Gasteiger partial charge in [-0.2, -0.15) is 5.10 Å². The second-order valence-corrected chi connectivity index (χ2v) is 5.15. The molecule has 1 N–H and O–H groups in total. The maximum atomic E-state index is 12.2. The van der Waals surface area contributed by atoms with Gasteiger partial charge in [-0.1, -0.05) is 30.3 Å². The average Bonchev–Trinajstić information content (AvgIpc) is 3.13. The van der Waals surface area contributed by atoms with Crippen molar-refractivity contribution in [1.29, 1.82) is 0 Å². The minimum Gasteiger partial charge on any atom is -0.323 e. The van der Waals surface area contributed by atoms with E-state index in [9.17, 15) is 4.79 Å². The van der Waals surface area contributed by atoms with Crippen molar-refractivity contribution < 1.29 is 4.79 Å². The van der Waals surface area contributed by atoms with Crippen LogP contribution in [0.15, 0.2) is 36.5 Å². The number of hydrogen-bond donors (Lipinski definition) is 1. The van der Waals surface area contributed by atoms with Crippen LogP contribution < -0.4 is 5.32 Å². The first-order valence-corrected chi connectivity index (χ1v) is 6.51. The summed E-state index contributed by atoms with van der Waals surface area (Å²) in [5.74, 6) is 0.574. The van der Waals surface area contributed by atoms with E-state index in [2.05, 4.69) is 22.5 Å². The SMILES string of the molecule is Cc1nn(C)cc1NC(=O)[C@H]1C[C@@H]1c1ccccc1. The van der Waals surface area contributed by atoms with Crippen LogP contribution in [0.1, 0.15) is 23.6 Å². The Kier molecular flexibility index (Phi) is 2.85. The average molecular weight is 255 g/mol. The quantitative estimate of drug-likeness (QED) is 0.915. The van der Waals surface area contributed by atoms with E-state index in [1.54, 1.807) is 4.68 Å². The minimum absolute atomic E-state index is 0.0991. The predicted octanol–water partition coefficient (Wildman–Crippen LogP) is 2.47. The van der Waals surface area contributed by atoms with Crippen molar-refractivity contribution >= 4 is 11.6 Å². The zero-order valence-electron chi connectivity index (χ0n) is 11.1. The molecule has 0 unspecified atom stereocenters. The Labute approximate surface area is 112 Å². The first kappa shape index (κ1) is 12.0. The maximum absolute atomic E-state index is 12.2. The molecule has 1 heterocycles. The van der Waals surface area contributed by atoms with E-state index in [-0.39, 0.29) is 11.8 Å². The molecule has 1 fully saturated rings. The summed E-state index contributed by atoms with van der Waals surface area (Å²) in [6.45, 7) is 1.90. The number of rotatable bonds is 3. The van der Waals surface area contributed by atoms with Crippen molar-refractivity contribution in [3.8, 4) is 0 Å². The molecule has 2 atom stereocenters. The fraction of sp³-hybridized carbons (Fsp3) is 0.333. The van der Waals surface area contributed by atoms with Crippen LogP contribution in [0.5, 0.6) is 0 Å². The molecular weight excluding hydrogens is 238 g/mol. The largest absolute Gasteiger partial charge is 0.323 e. The lowest BCUT2D eigenvalue weighted by Gasteiger charge is -2.03. The Balaban J connectivity index is 1.66. The van der Waals surface area contributed by atoms with Gasteiger partial charge in [-0.05, 0) is 24.8 Å². The third-order valence-electron chi connectivity index (χ3n) is 3.63. The number of aromatic nitrogens is 2. The summed E-state index contributed by atoms with van der Waals surface area (Å²) in [5.41, 5.74) is 2.92. The van der Waals surface area contributed by atoms with Crippen molar-refractivity contribution in [2.45, 2.75) is 19.3 Å². The molecule has 0 spiro atoms. The molecule has 0 radical (unpaired) electrons. The van der Waals surface area contributed by atoms with Crippen LogP contribution in [0.25, 0.3) is 0 Å². The summed E-state index contributed by atoms with van der Waals surface area (Å²) in [6, 6.07) is 10.2. The van der Waals surface area contributed by atoms with Gasteiger partial charge in [0, 0.05) is 19.2 Å². The number of aryl methyl sites for hydroxylation is 2. The van der Waals surface area contributed by atoms with E-state index in [0.29, 0.717) is 5.92 Å². The van der Waals surface area contributed by atoms with Gasteiger partial charge >= 0.3 is 0 Å². The van der Waals surface area contributed by atoms with Crippen LogP contribution >= 0.6 is 0 Å². The normalized spacial score (nSPS) is 21.2. The molecule has 19 heavy (non-hydrogen) atoms. The summed E-state index contributed by atoms with van der Waals surface area (Å²) in [7, 11) is 1.85. The van der Waals surface area contributed by atoms with Crippen molar-refractivity contribution in [2.24, 2.45) is 13.0 Å². The highest BCUT2D eigenvalue weighted by Crippen LogP contribution is 2.47. The highest BCUT2D eigenvalue weighted by atomic mass is 16.2. The van der Waals surface area contributed by atoms with E-state index in [0.717, 1.165) is 17.8 Å². The molecule has 2 aromatic rings. The monoisotopic (exact) mass is 255 g/mol. The van der Waals surface area contributed by atoms with Gasteiger partial charge < -0.3 is 5.32 Å². The Bertz CT molecular complexity index is 603. The van der Waals surface area contributed by atoms with Gasteiger partial charge in [-0.3, -0.25) is 9.48 Å². The Morgan fingerprint density at radius 3 is 2.74 bits per heavy atom. The number of nitrogens with zero attached hydrogens (tertiary/aromatic N) is 2. The number of carbonyl (C=O) groups is 1. The first-order chi connectivity index (χ1) is 9.15. The van der Waals surface area contributed by atoms with Crippen molar-refractivity contribution in [1.82, 2.24) is 9.78 Å². The molecule has 1 aromatic carbocycles. The van der Waals surface area contributed by atoms with E-state index >= 15 is 0 Å². The van der Waals surface area contributed by atoms with Gasteiger partial charge in [-0.25, -0.2) is 0 Å². The van der Waals surface area contributed by atoms with Gasteiger partial charge in [0.1, 0.15) is 0 Å². The molecule has 0 bridgehead atoms.